The average molecular weight is 676 g/mol. The summed E-state index contributed by atoms with van der Waals surface area (Å²) in [6, 6.07) is 0.00953. The van der Waals surface area contributed by atoms with Crippen LogP contribution in [-0.2, 0) is 28.2 Å². The van der Waals surface area contributed by atoms with Crippen LogP contribution in [0, 0.1) is 0 Å². The van der Waals surface area contributed by atoms with Crippen molar-refractivity contribution in [2.75, 3.05) is 18.9 Å². The summed E-state index contributed by atoms with van der Waals surface area (Å²) < 4.78 is 25.3. The number of aliphatic carboxylic acids is 1. The van der Waals surface area contributed by atoms with E-state index in [0.717, 1.165) is 11.5 Å². The van der Waals surface area contributed by atoms with Crippen LogP contribution in [0.4, 0.5) is 5.82 Å². The van der Waals surface area contributed by atoms with E-state index in [1.165, 1.54) is 12.3 Å². The van der Waals surface area contributed by atoms with Gasteiger partial charge in [0.2, 0.25) is 5.91 Å². The number of phosphoric acid groups is 1. The smallest absolute Gasteiger partial charge is 0.790 e. The zero-order valence-electron chi connectivity index (χ0n) is 23.6. The molecule has 2 aliphatic rings. The van der Waals surface area contributed by atoms with Crippen LogP contribution in [0.15, 0.2) is 17.1 Å². The van der Waals surface area contributed by atoms with Crippen LogP contribution in [0.1, 0.15) is 19.6 Å². The van der Waals surface area contributed by atoms with E-state index in [1.807, 2.05) is 0 Å². The predicted octanol–water partition coefficient (Wildman–Crippen LogP) is -13.6. The molecule has 240 valence electrons. The molecule has 10 atom stereocenters. The summed E-state index contributed by atoms with van der Waals surface area (Å²) in [7, 11) is -5.24. The van der Waals surface area contributed by atoms with Crippen molar-refractivity contribution in [2.45, 2.75) is 74.1 Å². The molecule has 44 heavy (non-hydrogen) atoms. The number of ether oxygens (including phenoxy) is 2. The molecule has 0 aromatic carbocycles. The number of carbonyl (C=O) groups is 2. The Morgan fingerprint density at radius 2 is 1.86 bits per heavy atom. The monoisotopic (exact) mass is 676 g/mol. The van der Waals surface area contributed by atoms with Gasteiger partial charge in [-0.1, -0.05) is 0 Å². The maximum Gasteiger partial charge on any atom is 1.00 e. The molecule has 1 aromatic rings. The van der Waals surface area contributed by atoms with E-state index in [2.05, 4.69) is 14.8 Å². The molecule has 0 saturated carbocycles. The van der Waals surface area contributed by atoms with Crippen LogP contribution in [0.2, 0.25) is 0 Å². The average Bonchev–Trinajstić information content (AvgIpc) is 3.16. The number of nitrogens with zero attached hydrogens (tertiary/aromatic N) is 2. The molecule has 0 aliphatic carbocycles. The van der Waals surface area contributed by atoms with Crippen LogP contribution >= 0.6 is 7.82 Å². The van der Waals surface area contributed by atoms with Gasteiger partial charge in [0.25, 0.3) is 5.79 Å². The van der Waals surface area contributed by atoms with Gasteiger partial charge in [0.05, 0.1) is 33.2 Å². The van der Waals surface area contributed by atoms with Gasteiger partial charge in [0.15, 0.2) is 6.23 Å². The molecule has 11 N–H and O–H groups in total. The summed E-state index contributed by atoms with van der Waals surface area (Å²) in [4.78, 5) is 57.9. The number of carbonyl (C=O) groups excluding carboxylic acids is 1. The Bertz CT molecular complexity index is 1210. The molecule has 3 unspecified atom stereocenters. The first-order chi connectivity index (χ1) is 19.3. The van der Waals surface area contributed by atoms with Gasteiger partial charge in [-0.05, 0) is 6.07 Å². The normalized spacial score (nSPS) is 31.3. The maximum absolute atomic E-state index is 11.6. The fourth-order valence-electron chi connectivity index (χ4n) is 4.02. The molecular weight excluding hydrogens is 645 g/mol. The molecule has 0 bridgehead atoms. The fourth-order valence-corrected chi connectivity index (χ4v) is 4.35. The minimum Gasteiger partial charge on any atom is -0.790 e. The minimum absolute atomic E-state index is 0. The van der Waals surface area contributed by atoms with Gasteiger partial charge >= 0.3 is 70.8 Å². The van der Waals surface area contributed by atoms with Crippen molar-refractivity contribution in [3.05, 3.63) is 22.7 Å². The number of amides is 1. The Kier molecular flexibility index (Phi) is 17.8. The number of aliphatic hydroxyl groups excluding tert-OH is 6. The van der Waals surface area contributed by atoms with E-state index in [-0.39, 0.29) is 64.9 Å². The van der Waals surface area contributed by atoms with Crippen molar-refractivity contribution in [1.29, 1.82) is 0 Å². The molecule has 3 rings (SSSR count). The van der Waals surface area contributed by atoms with Gasteiger partial charge in [0.1, 0.15) is 42.4 Å². The van der Waals surface area contributed by atoms with Crippen molar-refractivity contribution in [3.63, 3.8) is 0 Å². The van der Waals surface area contributed by atoms with Crippen LogP contribution in [-0.4, -0.2) is 130 Å². The van der Waals surface area contributed by atoms with Gasteiger partial charge < -0.3 is 80.3 Å². The topological polar surface area (TPSA) is 360 Å². The zero-order valence-corrected chi connectivity index (χ0v) is 28.5. The van der Waals surface area contributed by atoms with Gasteiger partial charge in [-0.2, -0.15) is 4.98 Å². The molecule has 24 heteroatoms. The van der Waals surface area contributed by atoms with Crippen LogP contribution < -0.4 is 85.6 Å². The largest absolute Gasteiger partial charge is 1.00 e. The van der Waals surface area contributed by atoms with Crippen LogP contribution in [0.3, 0.4) is 0 Å². The maximum atomic E-state index is 11.6. The fraction of sp³-hybridized carbons (Fsp3) is 0.700. The molecular formula is C20H31N4Na2O17P. The third-order valence-corrected chi connectivity index (χ3v) is 6.53. The number of nitrogens with two attached hydrogens (primary N) is 1. The first-order valence-corrected chi connectivity index (χ1v) is 13.4. The van der Waals surface area contributed by atoms with Gasteiger partial charge in [-0.3, -0.25) is 9.36 Å². The van der Waals surface area contributed by atoms with E-state index in [9.17, 15) is 59.4 Å². The number of hydrogen-bond donors (Lipinski definition) is 10. The second-order valence-corrected chi connectivity index (χ2v) is 10.4. The molecule has 2 fully saturated rings. The number of carboxylic acids is 1. The Hall–Kier alpha value is -0.630. The number of rotatable bonds is 9. The number of anilines is 1. The number of aliphatic hydroxyl groups is 7. The molecule has 2 saturated heterocycles. The third-order valence-electron chi connectivity index (χ3n) is 6.07. The van der Waals surface area contributed by atoms with Crippen molar-refractivity contribution >= 4 is 25.5 Å². The van der Waals surface area contributed by atoms with E-state index >= 15 is 0 Å². The van der Waals surface area contributed by atoms with Crippen LogP contribution in [0.5, 0.6) is 0 Å². The van der Waals surface area contributed by atoms with Crippen LogP contribution in [0.25, 0.3) is 0 Å². The summed E-state index contributed by atoms with van der Waals surface area (Å²) in [6.07, 6.45) is -12.0. The Morgan fingerprint density at radius 1 is 1.27 bits per heavy atom. The Balaban J connectivity index is 0.000000804. The molecule has 1 amide bonds. The first kappa shape index (κ1) is 43.4. The number of nitrogen functional groups attached to an aromatic ring is 1. The molecule has 3 heterocycles. The number of nitrogens with one attached hydrogen (secondary N) is 1. The van der Waals surface area contributed by atoms with Crippen molar-refractivity contribution in [2.24, 2.45) is 0 Å². The predicted molar refractivity (Wildman–Crippen MR) is 127 cm³/mol. The van der Waals surface area contributed by atoms with E-state index in [1.54, 1.807) is 0 Å². The summed E-state index contributed by atoms with van der Waals surface area (Å²) in [5, 5.41) is 78.5. The second-order valence-electron chi connectivity index (χ2n) is 9.24. The minimum atomic E-state index is -5.24. The second kappa shape index (κ2) is 18.1. The van der Waals surface area contributed by atoms with Gasteiger partial charge in [-0.15, -0.1) is 0 Å². The van der Waals surface area contributed by atoms with Crippen molar-refractivity contribution < 1.29 is 138 Å². The van der Waals surface area contributed by atoms with E-state index in [0.29, 0.717) is 0 Å². The summed E-state index contributed by atoms with van der Waals surface area (Å²) in [5.74, 6) is -5.21. The molecule has 0 spiro atoms. The standard InChI is InChI=1S/C11H19NO9.C9H14N3O8P.2Na/c1-4(14)12-7-5(15)2-11(20,10(18)19)21-9(7)8(17)6(16)3-13;10-5-1-2-12(9(15)11-5)8-7(14)6(13)4(20-8)3-19-21(16,17)18;;/h5-9,13,15-17,20H,2-3H2,1H3,(H,12,14)(H,18,19);1-2,4,6-8,13-14H,3H2,(H2,10,11,15)(H2,16,17,18);;/q;;2*+1/p-2/t5-,6?,7+,8?,9+,11?;4-,6-,7-,8-;;/m01../s1. The third kappa shape index (κ3) is 11.6. The van der Waals surface area contributed by atoms with E-state index < -0.39 is 106 Å². The summed E-state index contributed by atoms with van der Waals surface area (Å²) >= 11 is 0. The van der Waals surface area contributed by atoms with Crippen molar-refractivity contribution in [3.8, 4) is 0 Å². The van der Waals surface area contributed by atoms with Gasteiger partial charge in [0, 0.05) is 19.5 Å². The van der Waals surface area contributed by atoms with Crippen molar-refractivity contribution in [1.82, 2.24) is 14.9 Å². The van der Waals surface area contributed by atoms with E-state index in [4.69, 9.17) is 25.4 Å². The number of carboxylic acid groups (broad SMARTS) is 1. The summed E-state index contributed by atoms with van der Waals surface area (Å²) in [6.45, 7) is -0.526. The number of hydrogen-bond acceptors (Lipinski definition) is 18. The van der Waals surface area contributed by atoms with Gasteiger partial charge in [-0.25, -0.2) is 9.59 Å². The molecule has 2 aliphatic heterocycles. The number of phosphoric ester groups is 1. The molecule has 21 nitrogen and oxygen atoms in total. The summed E-state index contributed by atoms with van der Waals surface area (Å²) in [5.41, 5.74) is 4.49. The zero-order chi connectivity index (χ0) is 32.2. The SMILES string of the molecule is CC(=O)N[C@@H]1[C@@H](O)CC(O)(C(=O)O)O[C@H]1C(O)C(O)CO.Nc1ccn([C@@H]2O[C@H](COP(=O)([O-])[O-])[C@@H](O)[C@H]2O)c(=O)n1.[Na+].[Na+]. The first-order valence-electron chi connectivity index (χ1n) is 11.9. The Morgan fingerprint density at radius 3 is 2.34 bits per heavy atom. The number of aromatic nitrogens is 2. The molecule has 1 aromatic heterocycles. The Labute approximate surface area is 292 Å². The quantitative estimate of drug-likeness (QED) is 0.0857. The molecule has 0 radical (unpaired) electrons.